The molecule has 1 aromatic heterocycles. The van der Waals surface area contributed by atoms with Crippen LogP contribution in [0.1, 0.15) is 19.0 Å². The lowest BCUT2D eigenvalue weighted by molar-refractivity contribution is 0.437. The van der Waals surface area contributed by atoms with E-state index in [1.165, 1.54) is 0 Å². The fourth-order valence-electron chi connectivity index (χ4n) is 1.50. The first kappa shape index (κ1) is 13.4. The number of aromatic nitrogens is 2. The zero-order valence-electron chi connectivity index (χ0n) is 10.7. The van der Waals surface area contributed by atoms with Gasteiger partial charge in [-0.25, -0.2) is 0 Å². The summed E-state index contributed by atoms with van der Waals surface area (Å²) >= 11 is 1.78. The Hall–Kier alpha value is -0.680. The maximum absolute atomic E-state index is 6.09. The molecule has 0 aliphatic heterocycles. The van der Waals surface area contributed by atoms with Crippen molar-refractivity contribution in [3.05, 3.63) is 5.69 Å². The minimum Gasteiger partial charge on any atom is -0.395 e. The van der Waals surface area contributed by atoms with Gasteiger partial charge in [-0.15, -0.1) is 11.8 Å². The number of hydrogen-bond acceptors (Lipinski definition) is 4. The van der Waals surface area contributed by atoms with Crippen LogP contribution < -0.4 is 5.73 Å². The molecule has 0 atom stereocenters. The normalized spacial score (nSPS) is 11.3. The second kappa shape index (κ2) is 6.15. The minimum atomic E-state index is 0.869. The molecule has 1 aromatic rings. The van der Waals surface area contributed by atoms with Gasteiger partial charge in [0.15, 0.2) is 0 Å². The molecule has 0 bridgehead atoms. The van der Waals surface area contributed by atoms with E-state index in [1.54, 1.807) is 11.8 Å². The Morgan fingerprint density at radius 1 is 1.44 bits per heavy atom. The van der Waals surface area contributed by atoms with Gasteiger partial charge >= 0.3 is 0 Å². The zero-order valence-corrected chi connectivity index (χ0v) is 11.5. The van der Waals surface area contributed by atoms with Crippen molar-refractivity contribution in [1.82, 2.24) is 14.7 Å². The lowest BCUT2D eigenvalue weighted by atomic mass is 10.2. The monoisotopic (exact) mass is 242 g/mol. The molecule has 0 saturated carbocycles. The molecular weight excluding hydrogens is 220 g/mol. The number of rotatable bonds is 6. The summed E-state index contributed by atoms with van der Waals surface area (Å²) in [5.74, 6) is 1.04. The molecule has 0 aliphatic rings. The van der Waals surface area contributed by atoms with E-state index in [-0.39, 0.29) is 0 Å². The highest BCUT2D eigenvalue weighted by molar-refractivity contribution is 7.99. The fraction of sp³-hybridized carbons (Fsp3) is 0.727. The summed E-state index contributed by atoms with van der Waals surface area (Å²) in [5, 5.41) is 5.56. The van der Waals surface area contributed by atoms with Crippen molar-refractivity contribution < 1.29 is 0 Å². The van der Waals surface area contributed by atoms with Crippen molar-refractivity contribution in [2.24, 2.45) is 7.05 Å². The highest BCUT2D eigenvalue weighted by Crippen LogP contribution is 2.27. The van der Waals surface area contributed by atoms with E-state index >= 15 is 0 Å². The Balaban J connectivity index is 2.64. The molecule has 4 nitrogen and oxygen atoms in total. The van der Waals surface area contributed by atoms with Crippen molar-refractivity contribution in [3.63, 3.8) is 0 Å². The van der Waals surface area contributed by atoms with Crippen LogP contribution in [0.15, 0.2) is 5.03 Å². The van der Waals surface area contributed by atoms with Crippen LogP contribution in [0, 0.1) is 0 Å². The highest BCUT2D eigenvalue weighted by atomic mass is 32.2. The van der Waals surface area contributed by atoms with Gasteiger partial charge in [-0.1, -0.05) is 13.3 Å². The summed E-state index contributed by atoms with van der Waals surface area (Å²) in [4.78, 5) is 2.17. The maximum Gasteiger partial charge on any atom is 0.117 e. The number of aryl methyl sites for hydroxylation is 2. The summed E-state index contributed by atoms with van der Waals surface area (Å²) in [6.45, 7) is 3.20. The Bertz CT molecular complexity index is 333. The molecule has 1 rings (SSSR count). The first-order valence-corrected chi connectivity index (χ1v) is 6.63. The average Bonchev–Trinajstić information content (AvgIpc) is 2.45. The number of hydrogen-bond donors (Lipinski definition) is 1. The molecule has 92 valence electrons. The van der Waals surface area contributed by atoms with Crippen LogP contribution in [-0.2, 0) is 13.5 Å². The Morgan fingerprint density at radius 2 is 2.12 bits per heavy atom. The molecule has 16 heavy (non-hydrogen) atoms. The van der Waals surface area contributed by atoms with E-state index in [2.05, 4.69) is 31.0 Å². The van der Waals surface area contributed by atoms with Crippen molar-refractivity contribution in [1.29, 1.82) is 0 Å². The standard InChI is InChI=1S/C11H22N4S/c1-5-6-9-10(12)11(15(4)13-9)16-8-7-14(2)3/h5-8,12H2,1-4H3. The molecule has 0 saturated heterocycles. The molecule has 0 aromatic carbocycles. The molecular formula is C11H22N4S. The maximum atomic E-state index is 6.09. The summed E-state index contributed by atoms with van der Waals surface area (Å²) in [6.07, 6.45) is 2.05. The predicted molar refractivity (Wildman–Crippen MR) is 70.9 cm³/mol. The van der Waals surface area contributed by atoms with Crippen LogP contribution >= 0.6 is 11.8 Å². The number of nitrogens with zero attached hydrogens (tertiary/aromatic N) is 3. The van der Waals surface area contributed by atoms with Crippen molar-refractivity contribution in [2.45, 2.75) is 24.8 Å². The van der Waals surface area contributed by atoms with Gasteiger partial charge in [0.1, 0.15) is 5.03 Å². The highest BCUT2D eigenvalue weighted by Gasteiger charge is 2.12. The molecule has 0 aliphatic carbocycles. The third-order valence-corrected chi connectivity index (χ3v) is 3.51. The van der Waals surface area contributed by atoms with Crippen LogP contribution in [0.2, 0.25) is 0 Å². The van der Waals surface area contributed by atoms with E-state index in [1.807, 2.05) is 11.7 Å². The largest absolute Gasteiger partial charge is 0.395 e. The van der Waals surface area contributed by atoms with Crippen molar-refractivity contribution >= 4 is 17.4 Å². The Morgan fingerprint density at radius 3 is 2.69 bits per heavy atom. The number of nitrogens with two attached hydrogens (primary N) is 1. The first-order valence-electron chi connectivity index (χ1n) is 5.65. The predicted octanol–water partition coefficient (Wildman–Crippen LogP) is 1.61. The van der Waals surface area contributed by atoms with Crippen LogP contribution in [0.25, 0.3) is 0 Å². The van der Waals surface area contributed by atoms with E-state index in [0.29, 0.717) is 0 Å². The van der Waals surface area contributed by atoms with Gasteiger partial charge < -0.3 is 10.6 Å². The van der Waals surface area contributed by atoms with Gasteiger partial charge in [-0.3, -0.25) is 4.68 Å². The van der Waals surface area contributed by atoms with Gasteiger partial charge in [0.25, 0.3) is 0 Å². The number of thioether (sulfide) groups is 1. The third kappa shape index (κ3) is 3.42. The first-order chi connectivity index (χ1) is 7.56. The topological polar surface area (TPSA) is 47.1 Å². The van der Waals surface area contributed by atoms with E-state index in [4.69, 9.17) is 5.73 Å². The lowest BCUT2D eigenvalue weighted by Crippen LogP contribution is -2.15. The smallest absolute Gasteiger partial charge is 0.117 e. The summed E-state index contributed by atoms with van der Waals surface area (Å²) in [7, 11) is 6.12. The van der Waals surface area contributed by atoms with Gasteiger partial charge in [0, 0.05) is 19.3 Å². The van der Waals surface area contributed by atoms with Crippen LogP contribution in [0.4, 0.5) is 5.69 Å². The number of anilines is 1. The second-order valence-electron chi connectivity index (χ2n) is 4.19. The molecule has 1 heterocycles. The van der Waals surface area contributed by atoms with Crippen LogP contribution in [0.5, 0.6) is 0 Å². The van der Waals surface area contributed by atoms with Crippen molar-refractivity contribution in [3.8, 4) is 0 Å². The third-order valence-electron chi connectivity index (χ3n) is 2.37. The molecule has 0 spiro atoms. The van der Waals surface area contributed by atoms with E-state index < -0.39 is 0 Å². The van der Waals surface area contributed by atoms with Crippen LogP contribution in [-0.4, -0.2) is 41.1 Å². The van der Waals surface area contributed by atoms with E-state index in [0.717, 1.165) is 41.5 Å². The molecule has 5 heteroatoms. The van der Waals surface area contributed by atoms with Crippen LogP contribution in [0.3, 0.4) is 0 Å². The van der Waals surface area contributed by atoms with Gasteiger partial charge in [-0.2, -0.15) is 5.10 Å². The second-order valence-corrected chi connectivity index (χ2v) is 5.27. The summed E-state index contributed by atoms with van der Waals surface area (Å²) < 4.78 is 1.90. The van der Waals surface area contributed by atoms with E-state index in [9.17, 15) is 0 Å². The quantitative estimate of drug-likeness (QED) is 0.770. The SMILES string of the molecule is CCCc1nn(C)c(SCCN(C)C)c1N. The number of nitrogen functional groups attached to an aromatic ring is 1. The van der Waals surface area contributed by atoms with Crippen molar-refractivity contribution in [2.75, 3.05) is 32.1 Å². The summed E-state index contributed by atoms with van der Waals surface area (Å²) in [5.41, 5.74) is 8.00. The molecule has 0 unspecified atom stereocenters. The van der Waals surface area contributed by atoms with Gasteiger partial charge in [0.05, 0.1) is 11.4 Å². The lowest BCUT2D eigenvalue weighted by Gasteiger charge is -2.09. The Kier molecular flexibility index (Phi) is 5.15. The summed E-state index contributed by atoms with van der Waals surface area (Å²) in [6, 6.07) is 0. The zero-order chi connectivity index (χ0) is 12.1. The van der Waals surface area contributed by atoms with Gasteiger partial charge in [0.2, 0.25) is 0 Å². The minimum absolute atomic E-state index is 0.869. The molecule has 0 amide bonds. The Labute approximate surface area is 102 Å². The van der Waals surface area contributed by atoms with Gasteiger partial charge in [-0.05, 0) is 20.5 Å². The molecule has 0 radical (unpaired) electrons. The fourth-order valence-corrected chi connectivity index (χ4v) is 2.65. The average molecular weight is 242 g/mol. The molecule has 0 fully saturated rings. The molecule has 2 N–H and O–H groups in total.